The van der Waals surface area contributed by atoms with Crippen LogP contribution in [0.1, 0.15) is 43.0 Å². The highest BCUT2D eigenvalue weighted by Gasteiger charge is 2.51. The van der Waals surface area contributed by atoms with Crippen LogP contribution in [0.2, 0.25) is 0 Å². The first kappa shape index (κ1) is 20.1. The minimum atomic E-state index is -1.08. The maximum atomic E-state index is 12.6. The zero-order valence-electron chi connectivity index (χ0n) is 16.5. The van der Waals surface area contributed by atoms with Crippen molar-refractivity contribution in [1.29, 1.82) is 0 Å². The number of carbonyl (C=O) groups excluding carboxylic acids is 5. The molecule has 0 radical (unpaired) electrons. The average molecular weight is 414 g/mol. The van der Waals surface area contributed by atoms with Gasteiger partial charge in [-0.1, -0.05) is 12.8 Å². The van der Waals surface area contributed by atoms with E-state index in [4.69, 9.17) is 9.47 Å². The predicted molar refractivity (Wildman–Crippen MR) is 103 cm³/mol. The molecule has 9 heteroatoms. The van der Waals surface area contributed by atoms with Gasteiger partial charge in [-0.05, 0) is 38.0 Å². The smallest absolute Gasteiger partial charge is 0.329 e. The number of amides is 3. The molecule has 1 saturated carbocycles. The van der Waals surface area contributed by atoms with Crippen molar-refractivity contribution in [3.05, 3.63) is 23.8 Å². The van der Waals surface area contributed by atoms with Crippen LogP contribution in [0, 0.1) is 11.8 Å². The molecule has 4 rings (SSSR count). The van der Waals surface area contributed by atoms with Crippen LogP contribution >= 0.6 is 0 Å². The Kier molecular flexibility index (Phi) is 5.27. The predicted octanol–water partition coefficient (Wildman–Crippen LogP) is 1.31. The minimum absolute atomic E-state index is 0.0918. The number of nitrogens with one attached hydrogen (secondary N) is 1. The zero-order valence-corrected chi connectivity index (χ0v) is 16.5. The van der Waals surface area contributed by atoms with Gasteiger partial charge >= 0.3 is 5.97 Å². The van der Waals surface area contributed by atoms with E-state index in [0.29, 0.717) is 24.3 Å². The van der Waals surface area contributed by atoms with Crippen LogP contribution in [-0.4, -0.2) is 53.6 Å². The molecule has 0 spiro atoms. The molecular weight excluding hydrogens is 392 g/mol. The van der Waals surface area contributed by atoms with Crippen molar-refractivity contribution in [2.24, 2.45) is 11.8 Å². The number of Topliss-reactive ketones (excluding diaryl/α,β-unsaturated/α-hetero) is 1. The number of hydrogen-bond acceptors (Lipinski definition) is 7. The summed E-state index contributed by atoms with van der Waals surface area (Å²) in [7, 11) is 0. The molecule has 3 atom stereocenters. The molecule has 3 amide bonds. The van der Waals surface area contributed by atoms with Crippen LogP contribution in [0.5, 0.6) is 5.75 Å². The van der Waals surface area contributed by atoms with Gasteiger partial charge in [-0.2, -0.15) is 0 Å². The number of rotatable bonds is 5. The quantitative estimate of drug-likeness (QED) is 0.438. The van der Waals surface area contributed by atoms with Gasteiger partial charge in [0.25, 0.3) is 5.91 Å². The second-order valence-corrected chi connectivity index (χ2v) is 7.80. The SMILES string of the molecule is C[C@@H](C(=O)OCC(=O)c1ccc2c(c1)NC(=O)CO2)N1C(=O)[C@H]2CCCC[C@H]2C1=O. The number of nitrogens with zero attached hydrogens (tertiary/aromatic N) is 1. The molecule has 1 N–H and O–H groups in total. The maximum Gasteiger partial charge on any atom is 0.329 e. The number of benzene rings is 1. The van der Waals surface area contributed by atoms with E-state index in [9.17, 15) is 24.0 Å². The highest BCUT2D eigenvalue weighted by Crippen LogP contribution is 2.39. The molecule has 30 heavy (non-hydrogen) atoms. The van der Waals surface area contributed by atoms with Gasteiger partial charge in [0.2, 0.25) is 11.8 Å². The molecule has 0 unspecified atom stereocenters. The molecule has 1 aromatic carbocycles. The molecule has 1 saturated heterocycles. The first-order valence-corrected chi connectivity index (χ1v) is 10.00. The van der Waals surface area contributed by atoms with Gasteiger partial charge in [0.1, 0.15) is 11.8 Å². The molecule has 0 bridgehead atoms. The Hall–Kier alpha value is -3.23. The van der Waals surface area contributed by atoms with Gasteiger partial charge in [0.15, 0.2) is 19.0 Å². The van der Waals surface area contributed by atoms with Crippen molar-refractivity contribution in [2.75, 3.05) is 18.5 Å². The molecular formula is C21H22N2O7. The third kappa shape index (κ3) is 3.55. The van der Waals surface area contributed by atoms with E-state index < -0.39 is 24.4 Å². The summed E-state index contributed by atoms with van der Waals surface area (Å²) in [4.78, 5) is 62.5. The number of esters is 1. The summed E-state index contributed by atoms with van der Waals surface area (Å²) in [5, 5.41) is 2.60. The van der Waals surface area contributed by atoms with Crippen molar-refractivity contribution in [3.8, 4) is 5.75 Å². The number of ketones is 1. The van der Waals surface area contributed by atoms with E-state index in [2.05, 4.69) is 5.32 Å². The molecule has 1 aromatic rings. The van der Waals surface area contributed by atoms with Gasteiger partial charge in [-0.25, -0.2) is 4.79 Å². The molecule has 3 aliphatic rings. The molecule has 2 fully saturated rings. The van der Waals surface area contributed by atoms with Gasteiger partial charge in [-0.15, -0.1) is 0 Å². The Morgan fingerprint density at radius 3 is 2.50 bits per heavy atom. The van der Waals surface area contributed by atoms with Crippen molar-refractivity contribution >= 4 is 35.2 Å². The topological polar surface area (TPSA) is 119 Å². The molecule has 1 aliphatic carbocycles. The van der Waals surface area contributed by atoms with Crippen molar-refractivity contribution in [1.82, 2.24) is 4.90 Å². The van der Waals surface area contributed by atoms with Crippen LogP contribution in [-0.2, 0) is 23.9 Å². The Balaban J connectivity index is 1.38. The third-order valence-electron chi connectivity index (χ3n) is 5.88. The largest absolute Gasteiger partial charge is 0.482 e. The van der Waals surface area contributed by atoms with E-state index >= 15 is 0 Å². The highest BCUT2D eigenvalue weighted by atomic mass is 16.5. The summed E-state index contributed by atoms with van der Waals surface area (Å²) >= 11 is 0. The number of hydrogen-bond donors (Lipinski definition) is 1. The number of fused-ring (bicyclic) bond motifs is 2. The fraction of sp³-hybridized carbons (Fsp3) is 0.476. The van der Waals surface area contributed by atoms with Gasteiger partial charge in [0, 0.05) is 5.56 Å². The summed E-state index contributed by atoms with van der Waals surface area (Å²) in [6, 6.07) is 3.42. The fourth-order valence-corrected chi connectivity index (χ4v) is 4.27. The van der Waals surface area contributed by atoms with Crippen LogP contribution < -0.4 is 10.1 Å². The Labute approximate surface area is 172 Å². The highest BCUT2D eigenvalue weighted by molar-refractivity contribution is 6.08. The maximum absolute atomic E-state index is 12.6. The Morgan fingerprint density at radius 2 is 1.83 bits per heavy atom. The lowest BCUT2D eigenvalue weighted by molar-refractivity contribution is -0.157. The van der Waals surface area contributed by atoms with E-state index in [1.165, 1.54) is 19.1 Å². The van der Waals surface area contributed by atoms with Crippen molar-refractivity contribution in [2.45, 2.75) is 38.6 Å². The Morgan fingerprint density at radius 1 is 1.17 bits per heavy atom. The van der Waals surface area contributed by atoms with Gasteiger partial charge in [-0.3, -0.25) is 24.1 Å². The lowest BCUT2D eigenvalue weighted by Crippen LogP contribution is -2.44. The van der Waals surface area contributed by atoms with Crippen LogP contribution in [0.25, 0.3) is 0 Å². The second-order valence-electron chi connectivity index (χ2n) is 7.80. The zero-order chi connectivity index (χ0) is 21.4. The lowest BCUT2D eigenvalue weighted by Gasteiger charge is -2.21. The van der Waals surface area contributed by atoms with E-state index in [1.807, 2.05) is 0 Å². The normalized spacial score (nSPS) is 23.8. The van der Waals surface area contributed by atoms with Crippen LogP contribution in [0.4, 0.5) is 5.69 Å². The monoisotopic (exact) mass is 414 g/mol. The summed E-state index contributed by atoms with van der Waals surface area (Å²) in [6.45, 7) is 0.803. The molecule has 2 aliphatic heterocycles. The lowest BCUT2D eigenvalue weighted by atomic mass is 9.81. The van der Waals surface area contributed by atoms with E-state index in [-0.39, 0.29) is 41.7 Å². The molecule has 2 heterocycles. The number of carbonyl (C=O) groups is 5. The summed E-state index contributed by atoms with van der Waals surface area (Å²) in [5.74, 6) is -2.52. The number of likely N-dealkylation sites (tertiary alicyclic amines) is 1. The van der Waals surface area contributed by atoms with Gasteiger partial charge < -0.3 is 14.8 Å². The van der Waals surface area contributed by atoms with Crippen LogP contribution in [0.15, 0.2) is 18.2 Å². The molecule has 0 aromatic heterocycles. The first-order chi connectivity index (χ1) is 14.4. The van der Waals surface area contributed by atoms with Crippen molar-refractivity contribution in [3.63, 3.8) is 0 Å². The van der Waals surface area contributed by atoms with Gasteiger partial charge in [0.05, 0.1) is 17.5 Å². The van der Waals surface area contributed by atoms with Crippen molar-refractivity contribution < 1.29 is 33.4 Å². The first-order valence-electron chi connectivity index (χ1n) is 10.00. The third-order valence-corrected chi connectivity index (χ3v) is 5.88. The number of ether oxygens (including phenoxy) is 2. The summed E-state index contributed by atoms with van der Waals surface area (Å²) in [5.41, 5.74) is 0.604. The van der Waals surface area contributed by atoms with E-state index in [0.717, 1.165) is 17.7 Å². The Bertz CT molecular complexity index is 917. The second kappa shape index (κ2) is 7.89. The standard InChI is InChI=1S/C21H22N2O7/c1-11(23-19(26)13-4-2-3-5-14(13)20(23)27)21(28)30-9-16(24)12-6-7-17-15(8-12)22-18(25)10-29-17/h6-8,11,13-14H,2-5,9-10H2,1H3,(H,22,25)/t11-,13-,14+/m0/s1. The summed E-state index contributed by atoms with van der Waals surface area (Å²) in [6.07, 6.45) is 3.11. The van der Waals surface area contributed by atoms with E-state index in [1.54, 1.807) is 6.07 Å². The average Bonchev–Trinajstić information content (AvgIpc) is 3.01. The molecule has 9 nitrogen and oxygen atoms in total. The fourth-order valence-electron chi connectivity index (χ4n) is 4.27. The number of imide groups is 1. The minimum Gasteiger partial charge on any atom is -0.482 e. The van der Waals surface area contributed by atoms with Crippen LogP contribution in [0.3, 0.4) is 0 Å². The summed E-state index contributed by atoms with van der Waals surface area (Å²) < 4.78 is 10.3. The number of anilines is 1. The molecule has 158 valence electrons.